The highest BCUT2D eigenvalue weighted by Gasteiger charge is 2.35. The molecule has 4 aromatic rings. The molecule has 6 nitrogen and oxygen atoms in total. The van der Waals surface area contributed by atoms with Gasteiger partial charge in [0.1, 0.15) is 0 Å². The van der Waals surface area contributed by atoms with Gasteiger partial charge in [0.05, 0.1) is 19.6 Å². The molecule has 0 saturated carbocycles. The van der Waals surface area contributed by atoms with E-state index in [1.54, 1.807) is 13.8 Å². The maximum Gasteiger partial charge on any atom is 0.385 e. The molecule has 0 bridgehead atoms. The first-order valence-electron chi connectivity index (χ1n) is 10.9. The molecule has 0 unspecified atom stereocenters. The van der Waals surface area contributed by atoms with Gasteiger partial charge in [-0.05, 0) is 41.8 Å². The molecule has 0 aliphatic heterocycles. The fourth-order valence-corrected chi connectivity index (χ4v) is 5.47. The smallest absolute Gasteiger partial charge is 0.385 e. The number of rotatable bonds is 10. The standard InChI is InChI=1S/C25H26ClN2O4P/c1-3-30-33(29,31-4-2)25-24(27-17-20-11-6-8-15-22(20)26)32-23(28-25)16-19-13-9-12-18-10-5-7-14-21(18)19/h5-15,27H,3-4,16-17H2,1-2H3. The summed E-state index contributed by atoms with van der Waals surface area (Å²) in [5.41, 5.74) is 2.08. The van der Waals surface area contributed by atoms with Crippen LogP contribution in [0.5, 0.6) is 0 Å². The number of nitrogens with zero attached hydrogens (tertiary/aromatic N) is 1. The van der Waals surface area contributed by atoms with E-state index in [1.165, 1.54) is 0 Å². The van der Waals surface area contributed by atoms with Crippen molar-refractivity contribution >= 4 is 41.3 Å². The number of halogens is 1. The van der Waals surface area contributed by atoms with Crippen molar-refractivity contribution < 1.29 is 18.0 Å². The van der Waals surface area contributed by atoms with Crippen molar-refractivity contribution in [3.05, 3.63) is 88.8 Å². The molecule has 0 fully saturated rings. The Morgan fingerprint density at radius 3 is 2.36 bits per heavy atom. The zero-order valence-electron chi connectivity index (χ0n) is 18.6. The zero-order chi connectivity index (χ0) is 23.3. The van der Waals surface area contributed by atoms with Gasteiger partial charge in [-0.15, -0.1) is 0 Å². The third-order valence-electron chi connectivity index (χ3n) is 5.13. The Kier molecular flexibility index (Phi) is 7.51. The Morgan fingerprint density at radius 2 is 1.61 bits per heavy atom. The lowest BCUT2D eigenvalue weighted by molar-refractivity contribution is 0.229. The van der Waals surface area contributed by atoms with E-state index in [4.69, 9.17) is 25.1 Å². The van der Waals surface area contributed by atoms with Crippen LogP contribution in [0.1, 0.15) is 30.9 Å². The van der Waals surface area contributed by atoms with Crippen molar-refractivity contribution in [2.24, 2.45) is 0 Å². The normalized spacial score (nSPS) is 11.7. The SMILES string of the molecule is CCOP(=O)(OCC)c1nc(Cc2cccc3ccccc23)oc1NCc1ccccc1Cl. The van der Waals surface area contributed by atoms with Gasteiger partial charge in [-0.2, -0.15) is 0 Å². The van der Waals surface area contributed by atoms with Crippen molar-refractivity contribution in [1.82, 2.24) is 4.98 Å². The third kappa shape index (κ3) is 5.31. The first-order valence-corrected chi connectivity index (χ1v) is 12.8. The van der Waals surface area contributed by atoms with E-state index in [2.05, 4.69) is 28.5 Å². The fraction of sp³-hybridized carbons (Fsp3) is 0.240. The molecule has 3 aromatic carbocycles. The Morgan fingerprint density at radius 1 is 0.939 bits per heavy atom. The Labute approximate surface area is 198 Å². The van der Waals surface area contributed by atoms with Crippen LogP contribution in [-0.4, -0.2) is 18.2 Å². The molecule has 1 aromatic heterocycles. The molecule has 0 radical (unpaired) electrons. The summed E-state index contributed by atoms with van der Waals surface area (Å²) in [7, 11) is -3.67. The number of nitrogens with one attached hydrogen (secondary N) is 1. The van der Waals surface area contributed by atoms with Gasteiger partial charge in [0.2, 0.25) is 17.2 Å². The van der Waals surface area contributed by atoms with Gasteiger partial charge < -0.3 is 18.8 Å². The lowest BCUT2D eigenvalue weighted by Crippen LogP contribution is -2.17. The minimum atomic E-state index is -3.67. The Hall–Kier alpha value is -2.63. The summed E-state index contributed by atoms with van der Waals surface area (Å²) < 4.78 is 30.7. The number of hydrogen-bond donors (Lipinski definition) is 1. The van der Waals surface area contributed by atoms with E-state index in [9.17, 15) is 4.57 Å². The van der Waals surface area contributed by atoms with Crippen LogP contribution >= 0.6 is 19.2 Å². The van der Waals surface area contributed by atoms with Crippen LogP contribution in [0.25, 0.3) is 10.8 Å². The second-order valence-corrected chi connectivity index (χ2v) is 9.70. The molecule has 1 N–H and O–H groups in total. The van der Waals surface area contributed by atoms with Crippen molar-refractivity contribution in [3.8, 4) is 0 Å². The molecule has 8 heteroatoms. The highest BCUT2D eigenvalue weighted by Crippen LogP contribution is 2.48. The van der Waals surface area contributed by atoms with Gasteiger partial charge in [0.15, 0.2) is 0 Å². The minimum absolute atomic E-state index is 0.147. The van der Waals surface area contributed by atoms with Crippen LogP contribution in [0.15, 0.2) is 71.1 Å². The predicted molar refractivity (Wildman–Crippen MR) is 133 cm³/mol. The molecule has 0 aliphatic rings. The average molecular weight is 485 g/mol. The largest absolute Gasteiger partial charge is 0.424 e. The van der Waals surface area contributed by atoms with E-state index in [0.29, 0.717) is 23.9 Å². The minimum Gasteiger partial charge on any atom is -0.424 e. The molecule has 0 amide bonds. The maximum atomic E-state index is 13.6. The second kappa shape index (κ2) is 10.5. The highest BCUT2D eigenvalue weighted by atomic mass is 35.5. The zero-order valence-corrected chi connectivity index (χ0v) is 20.2. The van der Waals surface area contributed by atoms with Crippen molar-refractivity contribution in [1.29, 1.82) is 0 Å². The number of hydrogen-bond acceptors (Lipinski definition) is 6. The number of anilines is 1. The molecule has 0 aliphatic carbocycles. The lowest BCUT2D eigenvalue weighted by atomic mass is 10.0. The van der Waals surface area contributed by atoms with Crippen molar-refractivity contribution in [2.75, 3.05) is 18.5 Å². The molecular weight excluding hydrogens is 459 g/mol. The molecule has 172 valence electrons. The predicted octanol–water partition coefficient (Wildman–Crippen LogP) is 6.58. The summed E-state index contributed by atoms with van der Waals surface area (Å²) in [6.45, 7) is 4.33. The molecule has 0 saturated heterocycles. The van der Waals surface area contributed by atoms with Gasteiger partial charge in [-0.1, -0.05) is 72.3 Å². The summed E-state index contributed by atoms with van der Waals surface area (Å²) in [5.74, 6) is 0.679. The van der Waals surface area contributed by atoms with E-state index < -0.39 is 7.60 Å². The number of aromatic nitrogens is 1. The average Bonchev–Trinajstić information content (AvgIpc) is 3.23. The van der Waals surface area contributed by atoms with Gasteiger partial charge in [0.25, 0.3) is 0 Å². The summed E-state index contributed by atoms with van der Waals surface area (Å²) in [6.07, 6.45) is 0.431. The molecule has 1 heterocycles. The number of benzene rings is 3. The van der Waals surface area contributed by atoms with Crippen molar-refractivity contribution in [2.45, 2.75) is 26.8 Å². The summed E-state index contributed by atoms with van der Waals surface area (Å²) in [6, 6.07) is 21.7. The number of oxazole rings is 1. The van der Waals surface area contributed by atoms with Crippen molar-refractivity contribution in [3.63, 3.8) is 0 Å². The van der Waals surface area contributed by atoms with Crippen LogP contribution in [0.3, 0.4) is 0 Å². The maximum absolute atomic E-state index is 13.6. The lowest BCUT2D eigenvalue weighted by Gasteiger charge is -2.15. The molecule has 0 spiro atoms. The molecular formula is C25H26ClN2O4P. The van der Waals surface area contributed by atoms with E-state index in [-0.39, 0.29) is 24.5 Å². The highest BCUT2D eigenvalue weighted by molar-refractivity contribution is 7.62. The van der Waals surface area contributed by atoms with Crippen LogP contribution in [-0.2, 0) is 26.6 Å². The first kappa shape index (κ1) is 23.5. The monoisotopic (exact) mass is 484 g/mol. The van der Waals surface area contributed by atoms with Gasteiger partial charge >= 0.3 is 7.60 Å². The van der Waals surface area contributed by atoms with Crippen LogP contribution in [0.4, 0.5) is 5.88 Å². The van der Waals surface area contributed by atoms with E-state index >= 15 is 0 Å². The van der Waals surface area contributed by atoms with Crippen LogP contribution in [0, 0.1) is 0 Å². The Balaban J connectivity index is 1.71. The first-order chi connectivity index (χ1) is 16.0. The topological polar surface area (TPSA) is 73.6 Å². The second-order valence-electron chi connectivity index (χ2n) is 7.35. The van der Waals surface area contributed by atoms with Crippen LogP contribution in [0.2, 0.25) is 5.02 Å². The summed E-state index contributed by atoms with van der Waals surface area (Å²) >= 11 is 6.30. The van der Waals surface area contributed by atoms with E-state index in [0.717, 1.165) is 21.9 Å². The molecule has 4 rings (SSSR count). The van der Waals surface area contributed by atoms with Gasteiger partial charge in [0, 0.05) is 11.6 Å². The number of fused-ring (bicyclic) bond motifs is 1. The summed E-state index contributed by atoms with van der Waals surface area (Å²) in [4.78, 5) is 4.58. The summed E-state index contributed by atoms with van der Waals surface area (Å²) in [5, 5.41) is 6.06. The fourth-order valence-electron chi connectivity index (χ4n) is 3.66. The van der Waals surface area contributed by atoms with E-state index in [1.807, 2.05) is 48.5 Å². The third-order valence-corrected chi connectivity index (χ3v) is 7.52. The van der Waals surface area contributed by atoms with Gasteiger partial charge in [-0.25, -0.2) is 4.98 Å². The van der Waals surface area contributed by atoms with Gasteiger partial charge in [-0.3, -0.25) is 4.57 Å². The molecule has 33 heavy (non-hydrogen) atoms. The van der Waals surface area contributed by atoms with Crippen LogP contribution < -0.4 is 10.8 Å². The quantitative estimate of drug-likeness (QED) is 0.256. The Bertz CT molecular complexity index is 1280. The molecule has 0 atom stereocenters.